The van der Waals surface area contributed by atoms with Crippen molar-refractivity contribution in [2.75, 3.05) is 59.7 Å². The monoisotopic (exact) mass is 743 g/mol. The molecule has 4 amide bonds. The lowest BCUT2D eigenvalue weighted by Gasteiger charge is -2.40. The van der Waals surface area contributed by atoms with Gasteiger partial charge in [0.25, 0.3) is 0 Å². The molecule has 0 unspecified atom stereocenters. The van der Waals surface area contributed by atoms with E-state index in [1.807, 2.05) is 0 Å². The van der Waals surface area contributed by atoms with Crippen LogP contribution in [0.1, 0.15) is 143 Å². The molecule has 0 spiro atoms. The third-order valence-electron chi connectivity index (χ3n) is 12.4. The van der Waals surface area contributed by atoms with E-state index in [-0.39, 0.29) is 12.1 Å². The highest BCUT2D eigenvalue weighted by Crippen LogP contribution is 2.34. The summed E-state index contributed by atoms with van der Waals surface area (Å²) < 4.78 is 0. The predicted octanol–water partition coefficient (Wildman–Crippen LogP) is 11.8. The van der Waals surface area contributed by atoms with Gasteiger partial charge in [-0.1, -0.05) is 66.2 Å². The van der Waals surface area contributed by atoms with Gasteiger partial charge in [-0.3, -0.25) is 0 Å². The molecular weight excluding hydrogens is 669 g/mol. The molecule has 0 aliphatic heterocycles. The number of anilines is 4. The van der Waals surface area contributed by atoms with E-state index in [1.54, 1.807) is 0 Å². The van der Waals surface area contributed by atoms with Gasteiger partial charge in [0.05, 0.1) is 0 Å². The second-order valence-electron chi connectivity index (χ2n) is 16.7. The Morgan fingerprint density at radius 2 is 0.796 bits per heavy atom. The van der Waals surface area contributed by atoms with Crippen LogP contribution in [0, 0.1) is 11.8 Å². The van der Waals surface area contributed by atoms with Gasteiger partial charge in [-0.05, 0) is 137 Å². The van der Waals surface area contributed by atoms with Gasteiger partial charge in [-0.2, -0.15) is 0 Å². The molecule has 0 bridgehead atoms. The van der Waals surface area contributed by atoms with Gasteiger partial charge in [0.1, 0.15) is 0 Å². The topological polar surface area (TPSA) is 71.2 Å². The number of benzene rings is 2. The summed E-state index contributed by atoms with van der Waals surface area (Å²) >= 11 is 0. The van der Waals surface area contributed by atoms with E-state index in [0.717, 1.165) is 128 Å². The van der Waals surface area contributed by atoms with Crippen LogP contribution in [0.15, 0.2) is 48.5 Å². The van der Waals surface area contributed by atoms with Crippen LogP contribution in [0.25, 0.3) is 0 Å². The molecule has 2 aromatic carbocycles. The molecule has 3 aliphatic rings. The Morgan fingerprint density at radius 3 is 1.09 bits per heavy atom. The molecule has 54 heavy (non-hydrogen) atoms. The van der Waals surface area contributed by atoms with Gasteiger partial charge in [-0.15, -0.1) is 0 Å². The van der Waals surface area contributed by atoms with Crippen molar-refractivity contribution in [3.63, 3.8) is 0 Å². The zero-order chi connectivity index (χ0) is 38.1. The van der Waals surface area contributed by atoms with Crippen LogP contribution < -0.4 is 20.4 Å². The first kappa shape index (κ1) is 41.7. The van der Waals surface area contributed by atoms with Gasteiger partial charge in [0.15, 0.2) is 0 Å². The van der Waals surface area contributed by atoms with E-state index < -0.39 is 0 Å². The number of carbonyl (C=O) groups is 2. The molecule has 2 aromatic rings. The first-order valence-electron chi connectivity index (χ1n) is 22.3. The molecule has 3 saturated carbocycles. The van der Waals surface area contributed by atoms with Crippen molar-refractivity contribution < 1.29 is 9.59 Å². The van der Waals surface area contributed by atoms with Crippen molar-refractivity contribution in [3.05, 3.63) is 48.5 Å². The Morgan fingerprint density at radius 1 is 0.481 bits per heavy atom. The fraction of sp³-hybridized carbons (Fsp3) is 0.696. The van der Waals surface area contributed by atoms with Gasteiger partial charge < -0.3 is 30.2 Å². The molecule has 0 aromatic heterocycles. The molecule has 0 saturated heterocycles. The lowest BCUT2D eigenvalue weighted by molar-refractivity contribution is 0.117. The third kappa shape index (κ3) is 12.3. The van der Waals surface area contributed by atoms with Crippen molar-refractivity contribution in [1.82, 2.24) is 9.80 Å². The average molecular weight is 743 g/mol. The van der Waals surface area contributed by atoms with E-state index >= 15 is 0 Å². The summed E-state index contributed by atoms with van der Waals surface area (Å²) in [6.07, 6.45) is 20.8. The summed E-state index contributed by atoms with van der Waals surface area (Å²) in [5.74, 6) is 1.01. The highest BCUT2D eigenvalue weighted by molar-refractivity contribution is 5.90. The quantitative estimate of drug-likeness (QED) is 0.160. The fourth-order valence-corrected chi connectivity index (χ4v) is 9.46. The van der Waals surface area contributed by atoms with Gasteiger partial charge >= 0.3 is 12.1 Å². The first-order valence-corrected chi connectivity index (χ1v) is 22.3. The summed E-state index contributed by atoms with van der Waals surface area (Å²) in [5.41, 5.74) is 4.22. The van der Waals surface area contributed by atoms with Crippen LogP contribution in [0.5, 0.6) is 0 Å². The summed E-state index contributed by atoms with van der Waals surface area (Å²) in [7, 11) is 0. The lowest BCUT2D eigenvalue weighted by atomic mass is 9.80. The number of amides is 4. The van der Waals surface area contributed by atoms with E-state index in [2.05, 4.69) is 106 Å². The largest absolute Gasteiger partial charge is 0.372 e. The SMILES string of the molecule is CCCN(CCC)c1ccc(NC(=O)N(CC2CCC(CN(C(=O)Nc3ccc(N(CCC)CCC)cc3)C3CCCCC3)CC2)C2CCCCC2)cc1. The number of carbonyl (C=O) groups excluding carboxylic acids is 2. The number of nitrogens with zero attached hydrogens (tertiary/aromatic N) is 4. The minimum Gasteiger partial charge on any atom is -0.372 e. The number of hydrogen-bond acceptors (Lipinski definition) is 4. The number of rotatable bonds is 18. The third-order valence-corrected chi connectivity index (χ3v) is 12.4. The summed E-state index contributed by atoms with van der Waals surface area (Å²) in [6.45, 7) is 14.8. The molecule has 5 rings (SSSR count). The second-order valence-corrected chi connectivity index (χ2v) is 16.7. The van der Waals surface area contributed by atoms with Crippen LogP contribution in [0.2, 0.25) is 0 Å². The van der Waals surface area contributed by atoms with Gasteiger partial charge in [0.2, 0.25) is 0 Å². The first-order chi connectivity index (χ1) is 26.4. The van der Waals surface area contributed by atoms with Gasteiger partial charge in [-0.25, -0.2) is 9.59 Å². The maximum atomic E-state index is 14.0. The Labute approximate surface area is 328 Å². The molecule has 0 atom stereocenters. The van der Waals surface area contributed by atoms with E-state index in [1.165, 1.54) is 49.9 Å². The molecular formula is C46H74N6O2. The van der Waals surface area contributed by atoms with Crippen molar-refractivity contribution in [1.29, 1.82) is 0 Å². The number of urea groups is 2. The van der Waals surface area contributed by atoms with E-state index in [9.17, 15) is 9.59 Å². The number of hydrogen-bond donors (Lipinski definition) is 2. The summed E-state index contributed by atoms with van der Waals surface area (Å²) in [5, 5.41) is 6.59. The molecule has 300 valence electrons. The minimum absolute atomic E-state index is 0.0624. The van der Waals surface area contributed by atoms with Gasteiger partial charge in [0, 0.05) is 74.1 Å². The van der Waals surface area contributed by atoms with Crippen LogP contribution in [0.3, 0.4) is 0 Å². The molecule has 3 fully saturated rings. The standard InChI is InChI=1S/C46H74N6O2/c1-5-31-49(32-6-2)41-27-23-39(24-28-41)47-45(53)51(43-15-11-9-12-16-43)35-37-19-21-38(22-20-37)36-52(44-17-13-10-14-18-44)46(54)48-40-25-29-42(30-26-40)50(33-7-3)34-8-4/h23-30,37-38,43-44H,5-22,31-36H2,1-4H3,(H,47,53)(H,48,54). The second kappa shape index (κ2) is 22.2. The van der Waals surface area contributed by atoms with Crippen LogP contribution >= 0.6 is 0 Å². The molecule has 0 radical (unpaired) electrons. The normalized spacial score (nSPS) is 19.6. The zero-order valence-corrected chi connectivity index (χ0v) is 34.5. The Balaban J connectivity index is 1.18. The summed E-state index contributed by atoms with van der Waals surface area (Å²) in [4.78, 5) is 37.2. The molecule has 0 heterocycles. The average Bonchev–Trinajstić information content (AvgIpc) is 3.20. The van der Waals surface area contributed by atoms with Crippen LogP contribution in [-0.4, -0.2) is 73.2 Å². The minimum atomic E-state index is 0.0624. The zero-order valence-electron chi connectivity index (χ0n) is 34.5. The van der Waals surface area contributed by atoms with Crippen molar-refractivity contribution in [2.24, 2.45) is 11.8 Å². The Kier molecular flexibility index (Phi) is 17.2. The smallest absolute Gasteiger partial charge is 0.322 e. The highest BCUT2D eigenvalue weighted by atomic mass is 16.2. The maximum absolute atomic E-state index is 14.0. The Bertz CT molecular complexity index is 1250. The number of nitrogens with one attached hydrogen (secondary N) is 2. The van der Waals surface area contributed by atoms with Crippen molar-refractivity contribution in [3.8, 4) is 0 Å². The van der Waals surface area contributed by atoms with Crippen LogP contribution in [0.4, 0.5) is 32.3 Å². The molecule has 3 aliphatic carbocycles. The van der Waals surface area contributed by atoms with E-state index in [4.69, 9.17) is 0 Å². The predicted molar refractivity (Wildman–Crippen MR) is 229 cm³/mol. The van der Waals surface area contributed by atoms with Crippen molar-refractivity contribution >= 4 is 34.8 Å². The molecule has 2 N–H and O–H groups in total. The molecule has 8 heteroatoms. The van der Waals surface area contributed by atoms with E-state index in [0.29, 0.717) is 23.9 Å². The fourth-order valence-electron chi connectivity index (χ4n) is 9.46. The molecule has 8 nitrogen and oxygen atoms in total. The maximum Gasteiger partial charge on any atom is 0.322 e. The summed E-state index contributed by atoms with van der Waals surface area (Å²) in [6, 6.07) is 17.7. The Hall–Kier alpha value is -3.42. The highest BCUT2D eigenvalue weighted by Gasteiger charge is 2.33. The lowest BCUT2D eigenvalue weighted by Crippen LogP contribution is -2.48. The van der Waals surface area contributed by atoms with Crippen molar-refractivity contribution in [2.45, 2.75) is 155 Å². The van der Waals surface area contributed by atoms with Crippen LogP contribution in [-0.2, 0) is 0 Å².